The summed E-state index contributed by atoms with van der Waals surface area (Å²) >= 11 is 1.51. The second-order valence-electron chi connectivity index (χ2n) is 7.72. The van der Waals surface area contributed by atoms with Gasteiger partial charge in [0, 0.05) is 18.8 Å². The summed E-state index contributed by atoms with van der Waals surface area (Å²) in [5.74, 6) is 2.40. The molecule has 0 unspecified atom stereocenters. The first-order valence-corrected chi connectivity index (χ1v) is 12.0. The Morgan fingerprint density at radius 1 is 0.971 bits per heavy atom. The highest BCUT2D eigenvalue weighted by Gasteiger charge is 2.23. The first kappa shape index (κ1) is 22.1. The van der Waals surface area contributed by atoms with Crippen LogP contribution in [0.4, 0.5) is 23.5 Å². The number of morpholine rings is 1. The lowest BCUT2D eigenvalue weighted by molar-refractivity contribution is 0.122. The fraction of sp³-hybridized carbons (Fsp3) is 0.261. The summed E-state index contributed by atoms with van der Waals surface area (Å²) in [6.45, 7) is 4.97. The summed E-state index contributed by atoms with van der Waals surface area (Å²) in [6, 6.07) is 17.9. The van der Waals surface area contributed by atoms with Gasteiger partial charge in [-0.2, -0.15) is 15.0 Å². The number of nitrogens with one attached hydrogen (secondary N) is 1. The molecule has 2 aromatic heterocycles. The third-order valence-electron chi connectivity index (χ3n) is 5.33. The van der Waals surface area contributed by atoms with Gasteiger partial charge in [0.05, 0.1) is 24.7 Å². The van der Waals surface area contributed by atoms with Gasteiger partial charge < -0.3 is 20.7 Å². The van der Waals surface area contributed by atoms with Crippen molar-refractivity contribution >= 4 is 35.3 Å². The first-order chi connectivity index (χ1) is 16.7. The molecule has 2 aromatic carbocycles. The summed E-state index contributed by atoms with van der Waals surface area (Å²) in [4.78, 5) is 15.3. The first-order valence-electron chi connectivity index (χ1n) is 11.0. The van der Waals surface area contributed by atoms with Gasteiger partial charge in [-0.05, 0) is 30.7 Å². The van der Waals surface area contributed by atoms with E-state index in [1.807, 2.05) is 42.5 Å². The van der Waals surface area contributed by atoms with Crippen molar-refractivity contribution < 1.29 is 4.74 Å². The maximum atomic E-state index is 5.96. The number of thioether (sulfide) groups is 1. The van der Waals surface area contributed by atoms with Crippen molar-refractivity contribution in [2.75, 3.05) is 42.3 Å². The van der Waals surface area contributed by atoms with E-state index < -0.39 is 0 Å². The van der Waals surface area contributed by atoms with Crippen LogP contribution in [-0.4, -0.2) is 56.0 Å². The second kappa shape index (κ2) is 10.1. The Hall–Kier alpha value is -3.70. The van der Waals surface area contributed by atoms with Gasteiger partial charge in [-0.15, -0.1) is 10.2 Å². The minimum atomic E-state index is 0.165. The lowest BCUT2D eigenvalue weighted by Crippen LogP contribution is -2.38. The predicted octanol–water partition coefficient (Wildman–Crippen LogP) is 3.22. The maximum absolute atomic E-state index is 5.96. The predicted molar refractivity (Wildman–Crippen MR) is 133 cm³/mol. The molecule has 1 saturated heterocycles. The molecule has 1 fully saturated rings. The molecule has 11 heteroatoms. The zero-order valence-electron chi connectivity index (χ0n) is 18.8. The number of hydrogen-bond acceptors (Lipinski definition) is 10. The minimum Gasteiger partial charge on any atom is -0.378 e. The highest BCUT2D eigenvalue weighted by Crippen LogP contribution is 2.30. The van der Waals surface area contributed by atoms with Gasteiger partial charge in [-0.1, -0.05) is 48.2 Å². The molecule has 34 heavy (non-hydrogen) atoms. The number of anilines is 4. The topological polar surface area (TPSA) is 120 Å². The number of hydrogen-bond donors (Lipinski definition) is 2. The van der Waals surface area contributed by atoms with E-state index in [4.69, 9.17) is 10.5 Å². The van der Waals surface area contributed by atoms with Crippen molar-refractivity contribution in [2.45, 2.75) is 17.8 Å². The molecule has 4 aromatic rings. The van der Waals surface area contributed by atoms with Crippen molar-refractivity contribution in [3.8, 4) is 5.69 Å². The summed E-state index contributed by atoms with van der Waals surface area (Å²) in [5, 5.41) is 13.0. The molecule has 3 N–H and O–H groups in total. The van der Waals surface area contributed by atoms with E-state index in [9.17, 15) is 0 Å². The van der Waals surface area contributed by atoms with Crippen LogP contribution < -0.4 is 16.0 Å². The third-order valence-corrected chi connectivity index (χ3v) is 6.25. The quantitative estimate of drug-likeness (QED) is 0.386. The normalized spacial score (nSPS) is 13.7. The summed E-state index contributed by atoms with van der Waals surface area (Å²) < 4.78 is 7.62. The number of nitrogen functional groups attached to an aromatic ring is 1. The Labute approximate surface area is 201 Å². The molecule has 0 spiro atoms. The molecule has 0 bridgehead atoms. The number of benzene rings is 2. The molecule has 0 atom stereocenters. The highest BCUT2D eigenvalue weighted by molar-refractivity contribution is 7.98. The van der Waals surface area contributed by atoms with E-state index in [0.717, 1.165) is 41.1 Å². The Balaban J connectivity index is 1.42. The summed E-state index contributed by atoms with van der Waals surface area (Å²) in [6.07, 6.45) is 0. The lowest BCUT2D eigenvalue weighted by atomic mass is 10.2. The Bertz CT molecular complexity index is 1260. The van der Waals surface area contributed by atoms with E-state index >= 15 is 0 Å². The average Bonchev–Trinajstić information content (AvgIpc) is 3.28. The van der Waals surface area contributed by atoms with Crippen LogP contribution in [0, 0.1) is 6.92 Å². The SMILES string of the molecule is Cc1ccccc1-n1c(SCc2nc(N)nc(Nc3ccccc3)n2)nnc1N1CCOCC1. The molecule has 0 amide bonds. The van der Waals surface area contributed by atoms with Crippen LogP contribution in [0.2, 0.25) is 0 Å². The van der Waals surface area contributed by atoms with Crippen LogP contribution in [0.3, 0.4) is 0 Å². The van der Waals surface area contributed by atoms with Crippen LogP contribution in [0.5, 0.6) is 0 Å². The van der Waals surface area contributed by atoms with E-state index in [0.29, 0.717) is 30.7 Å². The van der Waals surface area contributed by atoms with E-state index in [2.05, 4.69) is 59.0 Å². The van der Waals surface area contributed by atoms with Gasteiger partial charge in [0.25, 0.3) is 0 Å². The van der Waals surface area contributed by atoms with Gasteiger partial charge in [0.1, 0.15) is 5.82 Å². The van der Waals surface area contributed by atoms with Gasteiger partial charge in [0.2, 0.25) is 17.8 Å². The fourth-order valence-corrected chi connectivity index (χ4v) is 4.48. The van der Waals surface area contributed by atoms with Gasteiger partial charge >= 0.3 is 0 Å². The summed E-state index contributed by atoms with van der Waals surface area (Å²) in [5.41, 5.74) is 9.01. The van der Waals surface area contributed by atoms with Gasteiger partial charge in [-0.3, -0.25) is 4.57 Å². The number of para-hydroxylation sites is 2. The van der Waals surface area contributed by atoms with E-state index in [-0.39, 0.29) is 5.95 Å². The molecule has 3 heterocycles. The average molecular weight is 476 g/mol. The van der Waals surface area contributed by atoms with Crippen molar-refractivity contribution in [3.05, 3.63) is 66.0 Å². The molecule has 10 nitrogen and oxygen atoms in total. The maximum Gasteiger partial charge on any atom is 0.232 e. The molecular formula is C23H25N9OS. The number of nitrogens with zero attached hydrogens (tertiary/aromatic N) is 7. The highest BCUT2D eigenvalue weighted by atomic mass is 32.2. The minimum absolute atomic E-state index is 0.165. The van der Waals surface area contributed by atoms with Crippen molar-refractivity contribution in [1.29, 1.82) is 0 Å². The smallest absolute Gasteiger partial charge is 0.232 e. The van der Waals surface area contributed by atoms with Crippen molar-refractivity contribution in [2.24, 2.45) is 0 Å². The van der Waals surface area contributed by atoms with Gasteiger partial charge in [-0.25, -0.2) is 0 Å². The van der Waals surface area contributed by atoms with Crippen LogP contribution in [0.15, 0.2) is 59.8 Å². The number of aryl methyl sites for hydroxylation is 1. The monoisotopic (exact) mass is 475 g/mol. The number of nitrogens with two attached hydrogens (primary N) is 1. The van der Waals surface area contributed by atoms with E-state index in [1.165, 1.54) is 11.8 Å². The largest absolute Gasteiger partial charge is 0.378 e. The standard InChI is InChI=1S/C23H25N9OS/c1-16-7-5-6-10-18(16)32-22(31-11-13-33-14-12-31)29-30-23(32)34-15-19-26-20(24)28-21(27-19)25-17-8-3-2-4-9-17/h2-10H,11-15H2,1H3,(H3,24,25,26,27,28). The molecular weight excluding hydrogens is 450 g/mol. The molecule has 0 radical (unpaired) electrons. The van der Waals surface area contributed by atoms with Crippen LogP contribution in [0.1, 0.15) is 11.4 Å². The Morgan fingerprint density at radius 3 is 2.53 bits per heavy atom. The molecule has 0 aliphatic carbocycles. The second-order valence-corrected chi connectivity index (χ2v) is 8.66. The molecule has 1 aliphatic rings. The number of ether oxygens (including phenoxy) is 1. The number of rotatable bonds is 7. The van der Waals surface area contributed by atoms with Crippen LogP contribution >= 0.6 is 11.8 Å². The number of aromatic nitrogens is 6. The third kappa shape index (κ3) is 4.95. The van der Waals surface area contributed by atoms with Gasteiger partial charge in [0.15, 0.2) is 5.16 Å². The zero-order chi connectivity index (χ0) is 23.3. The fourth-order valence-electron chi connectivity index (χ4n) is 3.69. The zero-order valence-corrected chi connectivity index (χ0v) is 19.6. The summed E-state index contributed by atoms with van der Waals surface area (Å²) in [7, 11) is 0. The lowest BCUT2D eigenvalue weighted by Gasteiger charge is -2.28. The molecule has 0 saturated carbocycles. The van der Waals surface area contributed by atoms with Crippen molar-refractivity contribution in [1.82, 2.24) is 29.7 Å². The van der Waals surface area contributed by atoms with Crippen LogP contribution in [0.25, 0.3) is 5.69 Å². The van der Waals surface area contributed by atoms with E-state index in [1.54, 1.807) is 0 Å². The van der Waals surface area contributed by atoms with Crippen LogP contribution in [-0.2, 0) is 10.5 Å². The molecule has 174 valence electrons. The Morgan fingerprint density at radius 2 is 1.74 bits per heavy atom. The van der Waals surface area contributed by atoms with Crippen molar-refractivity contribution in [3.63, 3.8) is 0 Å². The molecule has 1 aliphatic heterocycles. The Kier molecular flexibility index (Phi) is 6.54. The molecule has 5 rings (SSSR count).